The van der Waals surface area contributed by atoms with E-state index >= 15 is 0 Å². The average Bonchev–Trinajstić information content (AvgIpc) is 2.67. The minimum Gasteiger partial charge on any atom is -0.491 e. The number of nitrogens with zero attached hydrogens (tertiary/aromatic N) is 1. The molecule has 4 nitrogen and oxygen atoms in total. The summed E-state index contributed by atoms with van der Waals surface area (Å²) in [6.07, 6.45) is 2.94. The molecule has 2 aromatic carbocycles. The second-order valence-electron chi connectivity index (χ2n) is 6.35. The van der Waals surface area contributed by atoms with E-state index in [0.29, 0.717) is 30.8 Å². The molecule has 1 heterocycles. The first kappa shape index (κ1) is 19.3. The van der Waals surface area contributed by atoms with Gasteiger partial charge >= 0.3 is 0 Å². The monoisotopic (exact) mass is 381 g/mol. The van der Waals surface area contributed by atoms with Crippen LogP contribution in [0.5, 0.6) is 5.75 Å². The summed E-state index contributed by atoms with van der Waals surface area (Å²) in [4.78, 5) is 14.8. The molecule has 1 atom stereocenters. The fourth-order valence-electron chi connectivity index (χ4n) is 3.00. The molecule has 1 unspecified atom stereocenters. The van der Waals surface area contributed by atoms with Crippen LogP contribution in [0.3, 0.4) is 0 Å². The summed E-state index contributed by atoms with van der Waals surface area (Å²) in [5, 5.41) is 11.6. The summed E-state index contributed by atoms with van der Waals surface area (Å²) in [6.45, 7) is 9.41. The molecule has 3 aromatic rings. The molecule has 140 valence electrons. The summed E-state index contributed by atoms with van der Waals surface area (Å²) in [5.74, 6) is 0.583. The van der Waals surface area contributed by atoms with Crippen molar-refractivity contribution in [3.63, 3.8) is 0 Å². The number of hydrogen-bond acceptors (Lipinski definition) is 5. The van der Waals surface area contributed by atoms with E-state index < -0.39 is 6.10 Å². The molecule has 0 saturated heterocycles. The molecule has 0 aliphatic carbocycles. The first-order valence-corrected chi connectivity index (χ1v) is 9.64. The zero-order valence-corrected chi connectivity index (χ0v) is 16.0. The number of aliphatic hydroxyl groups excluding tert-OH is 1. The van der Waals surface area contributed by atoms with Crippen molar-refractivity contribution in [1.82, 2.24) is 4.90 Å². The van der Waals surface area contributed by atoms with Crippen LogP contribution in [0.4, 0.5) is 0 Å². The van der Waals surface area contributed by atoms with Gasteiger partial charge in [-0.2, -0.15) is 0 Å². The van der Waals surface area contributed by atoms with Gasteiger partial charge < -0.3 is 9.84 Å². The van der Waals surface area contributed by atoms with E-state index in [4.69, 9.17) is 4.74 Å². The van der Waals surface area contributed by atoms with Crippen molar-refractivity contribution in [1.29, 1.82) is 0 Å². The number of aliphatic hydroxyl groups is 1. The van der Waals surface area contributed by atoms with Gasteiger partial charge in [0.25, 0.3) is 0 Å². The number of rotatable bonds is 9. The Balaban J connectivity index is 1.74. The van der Waals surface area contributed by atoms with Crippen molar-refractivity contribution in [2.45, 2.75) is 6.10 Å². The molecule has 0 aliphatic rings. The Hall–Kier alpha value is -2.47. The summed E-state index contributed by atoms with van der Waals surface area (Å²) in [7, 11) is 0. The number of ether oxygens (including phenoxy) is 1. The van der Waals surface area contributed by atoms with Crippen LogP contribution in [0.25, 0.3) is 20.2 Å². The molecule has 3 rings (SSSR count). The summed E-state index contributed by atoms with van der Waals surface area (Å²) >= 11 is 1.59. The highest BCUT2D eigenvalue weighted by atomic mass is 32.1. The van der Waals surface area contributed by atoms with Crippen LogP contribution in [0, 0.1) is 0 Å². The Morgan fingerprint density at radius 1 is 1.07 bits per heavy atom. The Kier molecular flexibility index (Phi) is 6.40. The quantitative estimate of drug-likeness (QED) is 0.452. The highest BCUT2D eigenvalue weighted by molar-refractivity contribution is 7.24. The third-order valence-electron chi connectivity index (χ3n) is 4.23. The fourth-order valence-corrected chi connectivity index (χ4v) is 4.06. The van der Waals surface area contributed by atoms with Gasteiger partial charge in [-0.3, -0.25) is 9.69 Å². The van der Waals surface area contributed by atoms with E-state index in [1.165, 1.54) is 0 Å². The van der Waals surface area contributed by atoms with Gasteiger partial charge in [-0.15, -0.1) is 24.5 Å². The highest BCUT2D eigenvalue weighted by Crippen LogP contribution is 2.27. The van der Waals surface area contributed by atoms with E-state index in [1.807, 2.05) is 41.3 Å². The van der Waals surface area contributed by atoms with Gasteiger partial charge in [0, 0.05) is 39.8 Å². The zero-order chi connectivity index (χ0) is 19.2. The molecule has 0 spiro atoms. The van der Waals surface area contributed by atoms with Crippen LogP contribution in [0.15, 0.2) is 72.6 Å². The predicted molar refractivity (Wildman–Crippen MR) is 114 cm³/mol. The molecule has 1 aromatic heterocycles. The minimum absolute atomic E-state index is 0.00786. The molecule has 0 aliphatic heterocycles. The molecular weight excluding hydrogens is 358 g/mol. The van der Waals surface area contributed by atoms with E-state index in [9.17, 15) is 9.90 Å². The first-order valence-electron chi connectivity index (χ1n) is 8.83. The Morgan fingerprint density at radius 3 is 2.52 bits per heavy atom. The minimum atomic E-state index is -0.647. The molecule has 0 radical (unpaired) electrons. The third-order valence-corrected chi connectivity index (χ3v) is 5.39. The second kappa shape index (κ2) is 8.95. The molecule has 0 bridgehead atoms. The SMILES string of the molecule is C=CCN(CC=C)CC(O)COc1ccc2sc3ccccc3c(=O)c2c1. The van der Waals surface area contributed by atoms with E-state index in [2.05, 4.69) is 13.2 Å². The smallest absolute Gasteiger partial charge is 0.196 e. The van der Waals surface area contributed by atoms with Gasteiger partial charge in [-0.1, -0.05) is 24.3 Å². The van der Waals surface area contributed by atoms with Crippen LogP contribution in [0.2, 0.25) is 0 Å². The Labute approximate surface area is 162 Å². The maximum absolute atomic E-state index is 12.7. The molecule has 1 N–H and O–H groups in total. The van der Waals surface area contributed by atoms with Gasteiger partial charge in [0.05, 0.1) is 0 Å². The fraction of sp³-hybridized carbons (Fsp3) is 0.227. The third kappa shape index (κ3) is 4.63. The van der Waals surface area contributed by atoms with Gasteiger partial charge in [-0.25, -0.2) is 0 Å². The predicted octanol–water partition coefficient (Wildman–Crippen LogP) is 3.83. The average molecular weight is 381 g/mol. The van der Waals surface area contributed by atoms with Crippen molar-refractivity contribution in [2.24, 2.45) is 0 Å². The van der Waals surface area contributed by atoms with Crippen molar-refractivity contribution < 1.29 is 9.84 Å². The number of fused-ring (bicyclic) bond motifs is 2. The van der Waals surface area contributed by atoms with E-state index in [1.54, 1.807) is 29.6 Å². The largest absolute Gasteiger partial charge is 0.491 e. The van der Waals surface area contributed by atoms with E-state index in [0.717, 1.165) is 14.8 Å². The Morgan fingerprint density at radius 2 is 1.78 bits per heavy atom. The summed E-state index contributed by atoms with van der Waals surface area (Å²) in [5.41, 5.74) is 0.00786. The van der Waals surface area contributed by atoms with Crippen molar-refractivity contribution >= 4 is 31.5 Å². The lowest BCUT2D eigenvalue weighted by Gasteiger charge is -2.22. The Bertz CT molecular complexity index is 1000. The zero-order valence-electron chi connectivity index (χ0n) is 15.1. The molecule has 0 saturated carbocycles. The van der Waals surface area contributed by atoms with Crippen LogP contribution in [-0.4, -0.2) is 42.4 Å². The van der Waals surface area contributed by atoms with Gasteiger partial charge in [0.15, 0.2) is 5.43 Å². The number of benzene rings is 2. The molecule has 5 heteroatoms. The molecular formula is C22H23NO3S. The number of hydrogen-bond donors (Lipinski definition) is 1. The van der Waals surface area contributed by atoms with Crippen LogP contribution < -0.4 is 10.2 Å². The van der Waals surface area contributed by atoms with Crippen molar-refractivity contribution in [2.75, 3.05) is 26.2 Å². The van der Waals surface area contributed by atoms with Gasteiger partial charge in [0.1, 0.15) is 18.5 Å². The maximum Gasteiger partial charge on any atom is 0.196 e. The second-order valence-corrected chi connectivity index (χ2v) is 7.43. The summed E-state index contributed by atoms with van der Waals surface area (Å²) < 4.78 is 7.64. The topological polar surface area (TPSA) is 49.8 Å². The molecule has 0 amide bonds. The normalized spacial score (nSPS) is 12.4. The van der Waals surface area contributed by atoms with Crippen molar-refractivity contribution in [3.05, 3.63) is 78.0 Å². The maximum atomic E-state index is 12.7. The molecule has 0 fully saturated rings. The van der Waals surface area contributed by atoms with Crippen LogP contribution in [-0.2, 0) is 0 Å². The molecule has 27 heavy (non-hydrogen) atoms. The summed E-state index contributed by atoms with van der Waals surface area (Å²) in [6, 6.07) is 13.1. The first-order chi connectivity index (χ1) is 13.1. The standard InChI is InChI=1S/C22H23NO3S/c1-3-11-23(12-4-2)14-16(24)15-26-17-9-10-21-19(13-17)22(25)18-7-5-6-8-20(18)27-21/h3-10,13,16,24H,1-2,11-12,14-15H2. The van der Waals surface area contributed by atoms with Crippen LogP contribution >= 0.6 is 11.3 Å². The van der Waals surface area contributed by atoms with Gasteiger partial charge in [0.2, 0.25) is 0 Å². The lowest BCUT2D eigenvalue weighted by Crippen LogP contribution is -2.35. The lowest BCUT2D eigenvalue weighted by atomic mass is 10.2. The van der Waals surface area contributed by atoms with E-state index in [-0.39, 0.29) is 12.0 Å². The van der Waals surface area contributed by atoms with Crippen molar-refractivity contribution in [3.8, 4) is 5.75 Å². The van der Waals surface area contributed by atoms with Gasteiger partial charge in [-0.05, 0) is 30.3 Å². The van der Waals surface area contributed by atoms with Crippen LogP contribution in [0.1, 0.15) is 0 Å². The lowest BCUT2D eigenvalue weighted by molar-refractivity contribution is 0.0755. The highest BCUT2D eigenvalue weighted by Gasteiger charge is 2.12.